The summed E-state index contributed by atoms with van der Waals surface area (Å²) in [5.74, 6) is -0.0411. The first-order valence-corrected chi connectivity index (χ1v) is 5.61. The van der Waals surface area contributed by atoms with Crippen LogP contribution in [0.3, 0.4) is 0 Å². The molecular formula is C12H15FN2. The molecule has 0 spiro atoms. The normalized spacial score (nSPS) is 24.6. The van der Waals surface area contributed by atoms with Crippen molar-refractivity contribution in [2.75, 3.05) is 24.5 Å². The summed E-state index contributed by atoms with van der Waals surface area (Å²) in [6.45, 7) is 3.11. The first kappa shape index (κ1) is 9.16. The Hall–Kier alpha value is -1.09. The molecule has 80 valence electrons. The highest BCUT2D eigenvalue weighted by Gasteiger charge is 2.31. The molecule has 1 saturated heterocycles. The second-order valence-corrected chi connectivity index (χ2v) is 4.35. The van der Waals surface area contributed by atoms with E-state index in [1.54, 1.807) is 6.07 Å². The molecule has 1 atom stereocenters. The minimum Gasteiger partial charge on any atom is -0.367 e. The van der Waals surface area contributed by atoms with Gasteiger partial charge in [-0.1, -0.05) is 6.07 Å². The lowest BCUT2D eigenvalue weighted by Gasteiger charge is -2.24. The third-order valence-electron chi connectivity index (χ3n) is 3.42. The van der Waals surface area contributed by atoms with Gasteiger partial charge in [-0.3, -0.25) is 0 Å². The molecule has 1 fully saturated rings. The van der Waals surface area contributed by atoms with Crippen LogP contribution in [0.5, 0.6) is 0 Å². The average molecular weight is 206 g/mol. The Balaban J connectivity index is 2.00. The van der Waals surface area contributed by atoms with Crippen LogP contribution in [0.25, 0.3) is 0 Å². The summed E-state index contributed by atoms with van der Waals surface area (Å²) in [5, 5.41) is 3.41. The van der Waals surface area contributed by atoms with Crippen LogP contribution in [0.1, 0.15) is 12.0 Å². The van der Waals surface area contributed by atoms with E-state index in [0.29, 0.717) is 6.04 Å². The summed E-state index contributed by atoms with van der Waals surface area (Å²) >= 11 is 0. The molecule has 0 bridgehead atoms. The van der Waals surface area contributed by atoms with Crippen molar-refractivity contribution in [3.8, 4) is 0 Å². The van der Waals surface area contributed by atoms with Gasteiger partial charge in [-0.15, -0.1) is 0 Å². The topological polar surface area (TPSA) is 15.3 Å². The van der Waals surface area contributed by atoms with E-state index in [-0.39, 0.29) is 5.82 Å². The van der Waals surface area contributed by atoms with Gasteiger partial charge in [0, 0.05) is 30.4 Å². The molecule has 1 aromatic rings. The molecule has 0 aromatic heterocycles. The maximum absolute atomic E-state index is 13.6. The van der Waals surface area contributed by atoms with Crippen LogP contribution in [-0.4, -0.2) is 25.7 Å². The first-order chi connectivity index (χ1) is 7.36. The largest absolute Gasteiger partial charge is 0.367 e. The van der Waals surface area contributed by atoms with Crippen molar-refractivity contribution in [2.45, 2.75) is 18.9 Å². The minimum absolute atomic E-state index is 0.0411. The Morgan fingerprint density at radius 3 is 3.27 bits per heavy atom. The maximum atomic E-state index is 13.6. The Labute approximate surface area is 89.1 Å². The monoisotopic (exact) mass is 206 g/mol. The van der Waals surface area contributed by atoms with Crippen molar-refractivity contribution in [3.05, 3.63) is 29.6 Å². The standard InChI is InChI=1S/C12H15FN2/c13-11-3-1-4-12-10(11)7-9-8-14-5-2-6-15(9)12/h1,3-4,9,14H,2,5-8H2. The zero-order valence-electron chi connectivity index (χ0n) is 8.67. The fourth-order valence-corrected chi connectivity index (χ4v) is 2.69. The summed E-state index contributed by atoms with van der Waals surface area (Å²) in [4.78, 5) is 2.36. The SMILES string of the molecule is Fc1cccc2c1CC1CNCCCN21. The smallest absolute Gasteiger partial charge is 0.128 e. The highest BCUT2D eigenvalue weighted by Crippen LogP contribution is 2.34. The van der Waals surface area contributed by atoms with Gasteiger partial charge in [-0.05, 0) is 31.5 Å². The van der Waals surface area contributed by atoms with Crippen LogP contribution >= 0.6 is 0 Å². The minimum atomic E-state index is -0.0411. The summed E-state index contributed by atoms with van der Waals surface area (Å²) in [6, 6.07) is 5.89. The van der Waals surface area contributed by atoms with Crippen LogP contribution in [0.2, 0.25) is 0 Å². The van der Waals surface area contributed by atoms with E-state index in [9.17, 15) is 4.39 Å². The number of benzene rings is 1. The molecule has 0 saturated carbocycles. The molecule has 1 N–H and O–H groups in total. The van der Waals surface area contributed by atoms with E-state index in [4.69, 9.17) is 0 Å². The van der Waals surface area contributed by atoms with Crippen molar-refractivity contribution >= 4 is 5.69 Å². The zero-order chi connectivity index (χ0) is 10.3. The molecule has 2 aliphatic rings. The Morgan fingerprint density at radius 1 is 1.40 bits per heavy atom. The number of nitrogens with one attached hydrogen (secondary N) is 1. The molecule has 0 aliphatic carbocycles. The van der Waals surface area contributed by atoms with Gasteiger partial charge in [0.15, 0.2) is 0 Å². The van der Waals surface area contributed by atoms with Gasteiger partial charge in [0.1, 0.15) is 5.82 Å². The number of anilines is 1. The summed E-state index contributed by atoms with van der Waals surface area (Å²) < 4.78 is 13.6. The maximum Gasteiger partial charge on any atom is 0.128 e. The van der Waals surface area contributed by atoms with E-state index < -0.39 is 0 Å². The van der Waals surface area contributed by atoms with Gasteiger partial charge in [0.2, 0.25) is 0 Å². The van der Waals surface area contributed by atoms with Crippen molar-refractivity contribution in [2.24, 2.45) is 0 Å². The molecule has 1 unspecified atom stereocenters. The third-order valence-corrected chi connectivity index (χ3v) is 3.42. The quantitative estimate of drug-likeness (QED) is 0.693. The zero-order valence-corrected chi connectivity index (χ0v) is 8.67. The number of fused-ring (bicyclic) bond motifs is 3. The fraction of sp³-hybridized carbons (Fsp3) is 0.500. The number of hydrogen-bond donors (Lipinski definition) is 1. The second-order valence-electron chi connectivity index (χ2n) is 4.35. The van der Waals surface area contributed by atoms with E-state index in [0.717, 1.165) is 43.7 Å². The van der Waals surface area contributed by atoms with Crippen LogP contribution in [-0.2, 0) is 6.42 Å². The molecule has 2 aliphatic heterocycles. The Kier molecular flexibility index (Phi) is 2.13. The molecule has 2 heterocycles. The highest BCUT2D eigenvalue weighted by molar-refractivity contribution is 5.60. The molecule has 15 heavy (non-hydrogen) atoms. The number of halogens is 1. The van der Waals surface area contributed by atoms with E-state index in [1.165, 1.54) is 0 Å². The van der Waals surface area contributed by atoms with Gasteiger partial charge in [0.05, 0.1) is 0 Å². The van der Waals surface area contributed by atoms with Gasteiger partial charge in [0.25, 0.3) is 0 Å². The molecular weight excluding hydrogens is 191 g/mol. The fourth-order valence-electron chi connectivity index (χ4n) is 2.69. The molecule has 0 amide bonds. The van der Waals surface area contributed by atoms with Crippen LogP contribution in [0.4, 0.5) is 10.1 Å². The molecule has 3 heteroatoms. The van der Waals surface area contributed by atoms with Crippen molar-refractivity contribution < 1.29 is 4.39 Å². The second kappa shape index (κ2) is 3.49. The predicted molar refractivity (Wildman–Crippen MR) is 58.7 cm³/mol. The number of nitrogens with zero attached hydrogens (tertiary/aromatic N) is 1. The highest BCUT2D eigenvalue weighted by atomic mass is 19.1. The predicted octanol–water partition coefficient (Wildman–Crippen LogP) is 1.55. The van der Waals surface area contributed by atoms with E-state index in [1.807, 2.05) is 12.1 Å². The Morgan fingerprint density at radius 2 is 2.33 bits per heavy atom. The molecule has 2 nitrogen and oxygen atoms in total. The first-order valence-electron chi connectivity index (χ1n) is 5.61. The molecule has 3 rings (SSSR count). The lowest BCUT2D eigenvalue weighted by molar-refractivity contribution is 0.586. The third kappa shape index (κ3) is 1.42. The summed E-state index contributed by atoms with van der Waals surface area (Å²) in [7, 11) is 0. The van der Waals surface area contributed by atoms with Gasteiger partial charge < -0.3 is 10.2 Å². The van der Waals surface area contributed by atoms with E-state index >= 15 is 0 Å². The van der Waals surface area contributed by atoms with Crippen LogP contribution < -0.4 is 10.2 Å². The number of hydrogen-bond acceptors (Lipinski definition) is 2. The lowest BCUT2D eigenvalue weighted by atomic mass is 10.1. The van der Waals surface area contributed by atoms with Gasteiger partial charge in [-0.25, -0.2) is 4.39 Å². The number of rotatable bonds is 0. The van der Waals surface area contributed by atoms with E-state index in [2.05, 4.69) is 10.2 Å². The van der Waals surface area contributed by atoms with Crippen molar-refractivity contribution in [1.29, 1.82) is 0 Å². The van der Waals surface area contributed by atoms with Gasteiger partial charge >= 0.3 is 0 Å². The lowest BCUT2D eigenvalue weighted by Crippen LogP contribution is -2.36. The van der Waals surface area contributed by atoms with Gasteiger partial charge in [-0.2, -0.15) is 0 Å². The average Bonchev–Trinajstić information content (AvgIpc) is 2.45. The summed E-state index contributed by atoms with van der Waals surface area (Å²) in [5.41, 5.74) is 2.02. The Bertz CT molecular complexity index is 378. The molecule has 1 aromatic carbocycles. The van der Waals surface area contributed by atoms with Crippen LogP contribution in [0.15, 0.2) is 18.2 Å². The molecule has 0 radical (unpaired) electrons. The van der Waals surface area contributed by atoms with Crippen molar-refractivity contribution in [3.63, 3.8) is 0 Å². The summed E-state index contributed by atoms with van der Waals surface area (Å²) in [6.07, 6.45) is 2.00. The van der Waals surface area contributed by atoms with Crippen LogP contribution in [0, 0.1) is 5.82 Å². The van der Waals surface area contributed by atoms with Crippen molar-refractivity contribution in [1.82, 2.24) is 5.32 Å².